The monoisotopic (exact) mass is 428 g/mol. The zero-order chi connectivity index (χ0) is 22.1. The minimum atomic E-state index is -0.385. The number of H-pyrrole nitrogens is 1. The standard InChI is InChI=1S/C24H20N4O4/c29-19-6-1-15(2-7-19)13-28-21-8-5-18(12-22(21)32-14-23(28)30)27-24(31)26-17-4-3-16-9-10-25-20(16)11-17/h1-12,25,29H,13-14H2,(H2,26,27,31). The Balaban J connectivity index is 1.30. The van der Waals surface area contributed by atoms with Crippen molar-refractivity contribution in [2.75, 3.05) is 22.1 Å². The lowest BCUT2D eigenvalue weighted by molar-refractivity contribution is -0.121. The molecule has 3 aromatic carbocycles. The number of anilines is 3. The van der Waals surface area contributed by atoms with Crippen LogP contribution < -0.4 is 20.3 Å². The van der Waals surface area contributed by atoms with Gasteiger partial charge in [-0.15, -0.1) is 0 Å². The molecule has 4 N–H and O–H groups in total. The second-order valence-electron chi connectivity index (χ2n) is 7.48. The Kier molecular flexibility index (Phi) is 4.87. The van der Waals surface area contributed by atoms with Gasteiger partial charge >= 0.3 is 6.03 Å². The number of carbonyl (C=O) groups is 2. The molecule has 0 fully saturated rings. The van der Waals surface area contributed by atoms with E-state index in [-0.39, 0.29) is 24.3 Å². The van der Waals surface area contributed by atoms with Crippen LogP contribution in [0.15, 0.2) is 72.9 Å². The van der Waals surface area contributed by atoms with Gasteiger partial charge in [-0.1, -0.05) is 18.2 Å². The number of fused-ring (bicyclic) bond motifs is 2. The summed E-state index contributed by atoms with van der Waals surface area (Å²) in [7, 11) is 0. The van der Waals surface area contributed by atoms with Gasteiger partial charge in [-0.3, -0.25) is 4.79 Å². The number of ether oxygens (including phenoxy) is 1. The third-order valence-corrected chi connectivity index (χ3v) is 5.25. The number of aromatic nitrogens is 1. The number of aromatic hydroxyl groups is 1. The van der Waals surface area contributed by atoms with Crippen LogP contribution in [0.1, 0.15) is 5.56 Å². The van der Waals surface area contributed by atoms with Crippen LogP contribution in [0, 0.1) is 0 Å². The second-order valence-corrected chi connectivity index (χ2v) is 7.48. The number of nitrogens with zero attached hydrogens (tertiary/aromatic N) is 1. The largest absolute Gasteiger partial charge is 0.508 e. The number of hydrogen-bond donors (Lipinski definition) is 4. The van der Waals surface area contributed by atoms with Crippen LogP contribution >= 0.6 is 0 Å². The Morgan fingerprint density at radius 3 is 2.56 bits per heavy atom. The lowest BCUT2D eigenvalue weighted by Gasteiger charge is -2.29. The number of aromatic amines is 1. The number of phenols is 1. The van der Waals surface area contributed by atoms with Gasteiger partial charge in [0.05, 0.1) is 12.2 Å². The number of nitrogens with one attached hydrogen (secondary N) is 3. The third-order valence-electron chi connectivity index (χ3n) is 5.25. The predicted octanol–water partition coefficient (Wildman–Crippen LogP) is 4.44. The normalized spacial score (nSPS) is 12.9. The molecule has 1 aromatic heterocycles. The van der Waals surface area contributed by atoms with Crippen LogP contribution in [0.25, 0.3) is 10.9 Å². The topological polar surface area (TPSA) is 107 Å². The van der Waals surface area contributed by atoms with Gasteiger partial charge < -0.3 is 30.4 Å². The first kappa shape index (κ1) is 19.5. The quantitative estimate of drug-likeness (QED) is 0.385. The molecule has 2 heterocycles. The molecule has 0 unspecified atom stereocenters. The Morgan fingerprint density at radius 1 is 1.00 bits per heavy atom. The van der Waals surface area contributed by atoms with Gasteiger partial charge in [-0.2, -0.15) is 0 Å². The molecule has 0 spiro atoms. The van der Waals surface area contributed by atoms with E-state index in [0.29, 0.717) is 29.4 Å². The van der Waals surface area contributed by atoms with Crippen molar-refractivity contribution in [1.82, 2.24) is 4.98 Å². The van der Waals surface area contributed by atoms with Gasteiger partial charge in [0.2, 0.25) is 0 Å². The van der Waals surface area contributed by atoms with E-state index in [4.69, 9.17) is 4.74 Å². The van der Waals surface area contributed by atoms with E-state index >= 15 is 0 Å². The first-order valence-corrected chi connectivity index (χ1v) is 10.1. The van der Waals surface area contributed by atoms with Crippen molar-refractivity contribution in [3.05, 3.63) is 78.5 Å². The number of rotatable bonds is 4. The molecule has 0 bridgehead atoms. The maximum Gasteiger partial charge on any atom is 0.323 e. The molecular weight excluding hydrogens is 408 g/mol. The summed E-state index contributed by atoms with van der Waals surface area (Å²) in [4.78, 5) is 29.6. The van der Waals surface area contributed by atoms with Gasteiger partial charge in [0.15, 0.2) is 6.61 Å². The molecule has 160 valence electrons. The summed E-state index contributed by atoms with van der Waals surface area (Å²) in [5, 5.41) is 16.1. The van der Waals surface area contributed by atoms with Crippen LogP contribution in [0.4, 0.5) is 21.9 Å². The van der Waals surface area contributed by atoms with Crippen molar-refractivity contribution in [2.45, 2.75) is 6.54 Å². The molecule has 0 aliphatic carbocycles. The Hall–Kier alpha value is -4.46. The highest BCUT2D eigenvalue weighted by molar-refractivity contribution is 6.02. The average molecular weight is 428 g/mol. The first-order chi connectivity index (χ1) is 15.5. The van der Waals surface area contributed by atoms with Gasteiger partial charge in [-0.25, -0.2) is 4.79 Å². The number of phenolic OH excluding ortho intramolecular Hbond substituents is 1. The van der Waals surface area contributed by atoms with Crippen molar-refractivity contribution in [2.24, 2.45) is 0 Å². The molecule has 3 amide bonds. The van der Waals surface area contributed by atoms with Crippen LogP contribution in [0.2, 0.25) is 0 Å². The van der Waals surface area contributed by atoms with Crippen LogP contribution in [0.5, 0.6) is 11.5 Å². The van der Waals surface area contributed by atoms with Crippen LogP contribution in [-0.2, 0) is 11.3 Å². The summed E-state index contributed by atoms with van der Waals surface area (Å²) < 4.78 is 5.60. The number of hydrogen-bond acceptors (Lipinski definition) is 4. The molecule has 8 nitrogen and oxygen atoms in total. The SMILES string of the molecule is O=C(Nc1ccc2c(c1)OCC(=O)N2Cc1ccc(O)cc1)Nc1ccc2cc[nH]c2c1. The zero-order valence-electron chi connectivity index (χ0n) is 17.0. The summed E-state index contributed by atoms with van der Waals surface area (Å²) in [6, 6.07) is 19.0. The Morgan fingerprint density at radius 2 is 1.75 bits per heavy atom. The van der Waals surface area contributed by atoms with Crippen LogP contribution in [0.3, 0.4) is 0 Å². The molecule has 1 aliphatic rings. The molecule has 5 rings (SSSR count). The van der Waals surface area contributed by atoms with E-state index in [1.54, 1.807) is 47.4 Å². The number of urea groups is 1. The molecular formula is C24H20N4O4. The first-order valence-electron chi connectivity index (χ1n) is 10.1. The molecule has 4 aromatic rings. The highest BCUT2D eigenvalue weighted by Gasteiger charge is 2.26. The molecule has 0 atom stereocenters. The highest BCUT2D eigenvalue weighted by Crippen LogP contribution is 2.35. The molecule has 1 aliphatic heterocycles. The lowest BCUT2D eigenvalue weighted by atomic mass is 10.1. The lowest BCUT2D eigenvalue weighted by Crippen LogP contribution is -2.38. The van der Waals surface area contributed by atoms with Crippen molar-refractivity contribution < 1.29 is 19.4 Å². The smallest absolute Gasteiger partial charge is 0.323 e. The van der Waals surface area contributed by atoms with Gasteiger partial charge in [-0.05, 0) is 53.4 Å². The predicted molar refractivity (Wildman–Crippen MR) is 122 cm³/mol. The van der Waals surface area contributed by atoms with E-state index in [1.807, 2.05) is 30.5 Å². The Labute approximate surface area is 183 Å². The van der Waals surface area contributed by atoms with E-state index in [2.05, 4.69) is 15.6 Å². The van der Waals surface area contributed by atoms with E-state index < -0.39 is 0 Å². The fourth-order valence-electron chi connectivity index (χ4n) is 3.66. The van der Waals surface area contributed by atoms with Crippen molar-refractivity contribution in [3.8, 4) is 11.5 Å². The molecule has 32 heavy (non-hydrogen) atoms. The van der Waals surface area contributed by atoms with E-state index in [1.165, 1.54) is 0 Å². The average Bonchev–Trinajstić information content (AvgIpc) is 3.25. The molecule has 8 heteroatoms. The van der Waals surface area contributed by atoms with Gasteiger partial charge in [0.25, 0.3) is 5.91 Å². The fraction of sp³-hybridized carbons (Fsp3) is 0.0833. The van der Waals surface area contributed by atoms with Gasteiger partial charge in [0.1, 0.15) is 11.5 Å². The number of benzene rings is 3. The summed E-state index contributed by atoms with van der Waals surface area (Å²) >= 11 is 0. The summed E-state index contributed by atoms with van der Waals surface area (Å²) in [5.74, 6) is 0.516. The van der Waals surface area contributed by atoms with Crippen molar-refractivity contribution >= 4 is 39.9 Å². The zero-order valence-corrected chi connectivity index (χ0v) is 17.0. The molecule has 0 saturated heterocycles. The Bertz CT molecular complexity index is 1310. The third kappa shape index (κ3) is 3.93. The van der Waals surface area contributed by atoms with E-state index in [0.717, 1.165) is 16.5 Å². The minimum Gasteiger partial charge on any atom is -0.508 e. The molecule has 0 saturated carbocycles. The minimum absolute atomic E-state index is 0.0864. The summed E-state index contributed by atoms with van der Waals surface area (Å²) in [6.07, 6.45) is 1.84. The fourth-order valence-corrected chi connectivity index (χ4v) is 3.66. The highest BCUT2D eigenvalue weighted by atomic mass is 16.5. The van der Waals surface area contributed by atoms with Gasteiger partial charge in [0, 0.05) is 29.2 Å². The molecule has 0 radical (unpaired) electrons. The number of carbonyl (C=O) groups excluding carboxylic acids is 2. The summed E-state index contributed by atoms with van der Waals surface area (Å²) in [5.41, 5.74) is 3.64. The van der Waals surface area contributed by atoms with Crippen LogP contribution in [-0.4, -0.2) is 28.6 Å². The maximum atomic E-state index is 12.5. The van der Waals surface area contributed by atoms with Crippen molar-refractivity contribution in [1.29, 1.82) is 0 Å². The second kappa shape index (κ2) is 7.99. The van der Waals surface area contributed by atoms with E-state index in [9.17, 15) is 14.7 Å². The maximum absolute atomic E-state index is 12.5. The number of amides is 3. The van der Waals surface area contributed by atoms with Crippen molar-refractivity contribution in [3.63, 3.8) is 0 Å². The summed E-state index contributed by atoms with van der Waals surface area (Å²) in [6.45, 7) is 0.265.